The van der Waals surface area contributed by atoms with Gasteiger partial charge in [0.2, 0.25) is 0 Å². The number of pyridine rings is 2. The van der Waals surface area contributed by atoms with Crippen LogP contribution in [0.2, 0.25) is 0 Å². The fraction of sp³-hybridized carbons (Fsp3) is 0.267. The van der Waals surface area contributed by atoms with Crippen molar-refractivity contribution in [2.75, 3.05) is 31.5 Å². The van der Waals surface area contributed by atoms with Crippen molar-refractivity contribution in [1.29, 1.82) is 0 Å². The molecule has 0 saturated carbocycles. The Labute approximate surface area is 133 Å². The summed E-state index contributed by atoms with van der Waals surface area (Å²) < 4.78 is 0. The Balaban J connectivity index is 2.34. The number of hydrogen-bond acceptors (Lipinski definition) is 6. The third-order valence-electron chi connectivity index (χ3n) is 2.93. The van der Waals surface area contributed by atoms with Crippen LogP contribution in [-0.4, -0.2) is 42.4 Å². The molecule has 0 fully saturated rings. The molecule has 0 aliphatic carbocycles. The molecule has 0 atom stereocenters. The van der Waals surface area contributed by atoms with Gasteiger partial charge in [-0.3, -0.25) is 4.79 Å². The summed E-state index contributed by atoms with van der Waals surface area (Å²) in [4.78, 5) is 23.2. The van der Waals surface area contributed by atoms with Crippen LogP contribution in [0.25, 0.3) is 0 Å². The summed E-state index contributed by atoms with van der Waals surface area (Å²) in [6.45, 7) is 0. The molecule has 0 N–H and O–H groups in total. The molecule has 0 radical (unpaired) electrons. The van der Waals surface area contributed by atoms with Gasteiger partial charge in [-0.1, -0.05) is 0 Å². The maximum absolute atomic E-state index is 12.6. The number of ketones is 1. The Morgan fingerprint density at radius 3 is 2.10 bits per heavy atom. The van der Waals surface area contributed by atoms with E-state index >= 15 is 0 Å². The zero-order valence-corrected chi connectivity index (χ0v) is 14.1. The van der Waals surface area contributed by atoms with Crippen molar-refractivity contribution < 1.29 is 4.79 Å². The van der Waals surface area contributed by atoms with E-state index in [4.69, 9.17) is 0 Å². The first-order chi connectivity index (χ1) is 10.0. The monoisotopic (exact) mass is 319 g/mol. The van der Waals surface area contributed by atoms with E-state index < -0.39 is 0 Å². The molecule has 2 aromatic rings. The molecule has 0 unspecified atom stereocenters. The number of nitrogens with zero attached hydrogens (tertiary/aromatic N) is 3. The molecular weight excluding hydrogens is 302 g/mol. The van der Waals surface area contributed by atoms with E-state index in [9.17, 15) is 4.79 Å². The molecule has 2 aromatic heterocycles. The molecule has 0 amide bonds. The standard InChI is InChI=1S/C15H17N3OS2/c1-18(2)12-6-5-10(9-16-12)15(19)11-7-13(20-3)17-14(8-11)21-4/h5-9H,1-4H3. The van der Waals surface area contributed by atoms with Gasteiger partial charge in [-0.25, -0.2) is 9.97 Å². The molecular formula is C15H17N3OS2. The summed E-state index contributed by atoms with van der Waals surface area (Å²) in [7, 11) is 3.84. The van der Waals surface area contributed by atoms with Crippen LogP contribution in [0.3, 0.4) is 0 Å². The molecule has 0 aliphatic heterocycles. The quantitative estimate of drug-likeness (QED) is 0.623. The highest BCUT2D eigenvalue weighted by Crippen LogP contribution is 2.22. The fourth-order valence-corrected chi connectivity index (χ4v) is 2.70. The Bertz CT molecular complexity index is 620. The molecule has 0 aromatic carbocycles. The van der Waals surface area contributed by atoms with E-state index in [-0.39, 0.29) is 5.78 Å². The lowest BCUT2D eigenvalue weighted by molar-refractivity contribution is 0.103. The van der Waals surface area contributed by atoms with E-state index in [2.05, 4.69) is 9.97 Å². The van der Waals surface area contributed by atoms with E-state index in [0.717, 1.165) is 15.9 Å². The lowest BCUT2D eigenvalue weighted by Crippen LogP contribution is -2.11. The van der Waals surface area contributed by atoms with Gasteiger partial charge >= 0.3 is 0 Å². The van der Waals surface area contributed by atoms with Crippen LogP contribution in [0, 0.1) is 0 Å². The summed E-state index contributed by atoms with van der Waals surface area (Å²) in [5, 5.41) is 1.70. The van der Waals surface area contributed by atoms with Crippen molar-refractivity contribution in [3.05, 3.63) is 41.6 Å². The number of anilines is 1. The van der Waals surface area contributed by atoms with Crippen molar-refractivity contribution in [2.24, 2.45) is 0 Å². The number of thioether (sulfide) groups is 2. The van der Waals surface area contributed by atoms with Crippen LogP contribution >= 0.6 is 23.5 Å². The second-order valence-electron chi connectivity index (χ2n) is 4.57. The van der Waals surface area contributed by atoms with Gasteiger partial charge in [0, 0.05) is 31.4 Å². The zero-order chi connectivity index (χ0) is 15.4. The molecule has 4 nitrogen and oxygen atoms in total. The van der Waals surface area contributed by atoms with Crippen LogP contribution in [0.5, 0.6) is 0 Å². The van der Waals surface area contributed by atoms with Crippen LogP contribution in [0.4, 0.5) is 5.82 Å². The van der Waals surface area contributed by atoms with Gasteiger partial charge in [0.15, 0.2) is 5.78 Å². The average molecular weight is 319 g/mol. The highest BCUT2D eigenvalue weighted by molar-refractivity contribution is 7.99. The zero-order valence-electron chi connectivity index (χ0n) is 12.5. The van der Waals surface area contributed by atoms with E-state index in [1.807, 2.05) is 55.8 Å². The van der Waals surface area contributed by atoms with Crippen molar-refractivity contribution in [1.82, 2.24) is 9.97 Å². The number of carbonyl (C=O) groups excluding carboxylic acids is 1. The molecule has 2 rings (SSSR count). The van der Waals surface area contributed by atoms with Gasteiger partial charge in [-0.15, -0.1) is 23.5 Å². The SMILES string of the molecule is CSc1cc(C(=O)c2ccc(N(C)C)nc2)cc(SC)n1. The summed E-state index contributed by atoms with van der Waals surface area (Å²) in [5.41, 5.74) is 1.24. The minimum Gasteiger partial charge on any atom is -0.363 e. The third-order valence-corrected chi connectivity index (χ3v) is 4.18. The lowest BCUT2D eigenvalue weighted by Gasteiger charge is -2.11. The molecule has 0 bridgehead atoms. The van der Waals surface area contributed by atoms with E-state index in [1.165, 1.54) is 23.5 Å². The normalized spacial score (nSPS) is 10.5. The average Bonchev–Trinajstić information content (AvgIpc) is 2.53. The van der Waals surface area contributed by atoms with Crippen molar-refractivity contribution >= 4 is 35.1 Å². The largest absolute Gasteiger partial charge is 0.363 e. The highest BCUT2D eigenvalue weighted by Gasteiger charge is 2.13. The van der Waals surface area contributed by atoms with Crippen LogP contribution in [0.15, 0.2) is 40.5 Å². The number of rotatable bonds is 5. The summed E-state index contributed by atoms with van der Waals surface area (Å²) >= 11 is 3.07. The van der Waals surface area contributed by atoms with Crippen LogP contribution in [-0.2, 0) is 0 Å². The minimum absolute atomic E-state index is 0.0270. The summed E-state index contributed by atoms with van der Waals surface area (Å²) in [5.74, 6) is 0.802. The summed E-state index contributed by atoms with van der Waals surface area (Å²) in [6.07, 6.45) is 5.53. The van der Waals surface area contributed by atoms with Crippen LogP contribution in [0.1, 0.15) is 15.9 Å². The topological polar surface area (TPSA) is 46.1 Å². The first-order valence-electron chi connectivity index (χ1n) is 6.33. The van der Waals surface area contributed by atoms with Gasteiger partial charge in [0.05, 0.1) is 10.1 Å². The van der Waals surface area contributed by atoms with Gasteiger partial charge in [0.25, 0.3) is 0 Å². The maximum Gasteiger partial charge on any atom is 0.194 e. The Kier molecular flexibility index (Phi) is 5.25. The van der Waals surface area contributed by atoms with Crippen molar-refractivity contribution in [3.8, 4) is 0 Å². The van der Waals surface area contributed by atoms with Gasteiger partial charge < -0.3 is 4.90 Å². The number of hydrogen-bond donors (Lipinski definition) is 0. The smallest absolute Gasteiger partial charge is 0.194 e. The van der Waals surface area contributed by atoms with E-state index in [0.29, 0.717) is 11.1 Å². The third kappa shape index (κ3) is 3.77. The Morgan fingerprint density at radius 1 is 1.05 bits per heavy atom. The number of aromatic nitrogens is 2. The van der Waals surface area contributed by atoms with Crippen molar-refractivity contribution in [3.63, 3.8) is 0 Å². The first kappa shape index (κ1) is 15.9. The lowest BCUT2D eigenvalue weighted by atomic mass is 10.1. The molecule has 6 heteroatoms. The molecule has 0 saturated heterocycles. The Morgan fingerprint density at radius 2 is 1.67 bits per heavy atom. The molecule has 0 spiro atoms. The molecule has 21 heavy (non-hydrogen) atoms. The van der Waals surface area contributed by atoms with Gasteiger partial charge in [-0.2, -0.15) is 0 Å². The number of carbonyl (C=O) groups is 1. The first-order valence-corrected chi connectivity index (χ1v) is 8.78. The predicted octanol–water partition coefficient (Wildman–Crippen LogP) is 3.22. The Hall–Kier alpha value is -1.53. The second kappa shape index (κ2) is 6.95. The van der Waals surface area contributed by atoms with E-state index in [1.54, 1.807) is 6.20 Å². The van der Waals surface area contributed by atoms with Gasteiger partial charge in [0.1, 0.15) is 5.82 Å². The van der Waals surface area contributed by atoms with Gasteiger partial charge in [-0.05, 0) is 36.8 Å². The second-order valence-corrected chi connectivity index (χ2v) is 6.22. The van der Waals surface area contributed by atoms with Crippen LogP contribution < -0.4 is 4.90 Å². The predicted molar refractivity (Wildman–Crippen MR) is 89.8 cm³/mol. The maximum atomic E-state index is 12.6. The fourth-order valence-electron chi connectivity index (χ4n) is 1.77. The molecule has 0 aliphatic rings. The summed E-state index contributed by atoms with van der Waals surface area (Å²) in [6, 6.07) is 7.31. The minimum atomic E-state index is -0.0270. The highest BCUT2D eigenvalue weighted by atomic mass is 32.2. The van der Waals surface area contributed by atoms with Crippen molar-refractivity contribution in [2.45, 2.75) is 10.1 Å². The molecule has 2 heterocycles. The molecule has 110 valence electrons.